The van der Waals surface area contributed by atoms with Crippen molar-refractivity contribution in [2.45, 2.75) is 18.4 Å². The predicted molar refractivity (Wildman–Crippen MR) is 81.4 cm³/mol. The summed E-state index contributed by atoms with van der Waals surface area (Å²) in [6, 6.07) is 5.32. The molecular weight excluding hydrogens is 312 g/mol. The molecule has 0 unspecified atom stereocenters. The molecule has 1 aromatic rings. The van der Waals surface area contributed by atoms with Crippen molar-refractivity contribution in [2.75, 3.05) is 31.6 Å². The quantitative estimate of drug-likeness (QED) is 0.847. The predicted octanol–water partition coefficient (Wildman–Crippen LogP) is 0.134. The van der Waals surface area contributed by atoms with Crippen LogP contribution < -0.4 is 5.32 Å². The topological polar surface area (TPSA) is 83.6 Å². The second-order valence-electron chi connectivity index (χ2n) is 5.19. The fourth-order valence-electron chi connectivity index (χ4n) is 2.31. The van der Waals surface area contributed by atoms with E-state index >= 15 is 0 Å². The van der Waals surface area contributed by atoms with Crippen LogP contribution in [0.3, 0.4) is 0 Å². The third-order valence-corrected chi connectivity index (χ3v) is 7.20. The average molecular weight is 332 g/mol. The minimum Gasteiger partial charge on any atom is -0.316 e. The highest BCUT2D eigenvalue weighted by atomic mass is 32.2. The minimum absolute atomic E-state index is 0.0281. The Labute approximate surface area is 126 Å². The lowest BCUT2D eigenvalue weighted by Crippen LogP contribution is -2.43. The van der Waals surface area contributed by atoms with Gasteiger partial charge in [-0.3, -0.25) is 0 Å². The summed E-state index contributed by atoms with van der Waals surface area (Å²) in [5.74, 6) is -0.219. The number of nitrogens with one attached hydrogen (secondary N) is 1. The molecule has 6 nitrogen and oxygen atoms in total. The van der Waals surface area contributed by atoms with Gasteiger partial charge in [0.2, 0.25) is 10.0 Å². The highest BCUT2D eigenvalue weighted by Crippen LogP contribution is 2.23. The Kier molecular flexibility index (Phi) is 4.72. The number of benzene rings is 1. The average Bonchev–Trinajstić information content (AvgIpc) is 2.40. The van der Waals surface area contributed by atoms with Gasteiger partial charge in [0.15, 0.2) is 9.84 Å². The van der Waals surface area contributed by atoms with Gasteiger partial charge in [-0.2, -0.15) is 4.31 Å². The van der Waals surface area contributed by atoms with E-state index in [2.05, 4.69) is 5.32 Å². The Hall–Kier alpha value is -0.960. The van der Waals surface area contributed by atoms with Crippen LogP contribution in [0.1, 0.15) is 11.1 Å². The van der Waals surface area contributed by atoms with E-state index in [4.69, 9.17) is 0 Å². The highest BCUT2D eigenvalue weighted by molar-refractivity contribution is 7.92. The van der Waals surface area contributed by atoms with E-state index in [1.165, 1.54) is 4.31 Å². The van der Waals surface area contributed by atoms with Crippen molar-refractivity contribution in [2.24, 2.45) is 0 Å². The zero-order valence-electron chi connectivity index (χ0n) is 12.2. The van der Waals surface area contributed by atoms with Crippen molar-refractivity contribution in [3.05, 3.63) is 29.3 Å². The first-order valence-corrected chi connectivity index (χ1v) is 9.97. The van der Waals surface area contributed by atoms with Crippen LogP contribution >= 0.6 is 0 Å². The lowest BCUT2D eigenvalue weighted by atomic mass is 10.1. The van der Waals surface area contributed by atoms with Crippen LogP contribution in [0, 0.1) is 6.92 Å². The van der Waals surface area contributed by atoms with Gasteiger partial charge in [0.05, 0.1) is 16.4 Å². The molecule has 1 aliphatic rings. The monoisotopic (exact) mass is 332 g/mol. The molecule has 0 aromatic heterocycles. The first kappa shape index (κ1) is 16.4. The van der Waals surface area contributed by atoms with E-state index in [1.807, 2.05) is 6.07 Å². The molecule has 1 heterocycles. The number of aryl methyl sites for hydroxylation is 1. The van der Waals surface area contributed by atoms with Crippen molar-refractivity contribution in [3.8, 4) is 0 Å². The molecule has 1 N–H and O–H groups in total. The molecule has 0 aliphatic carbocycles. The van der Waals surface area contributed by atoms with Gasteiger partial charge in [-0.25, -0.2) is 16.8 Å². The Morgan fingerprint density at radius 2 is 1.86 bits per heavy atom. The normalized spacial score (nSPS) is 19.5. The number of sulfone groups is 1. The Balaban J connectivity index is 2.33. The smallest absolute Gasteiger partial charge is 0.243 e. The minimum atomic E-state index is -3.64. The van der Waals surface area contributed by atoms with Gasteiger partial charge in [-0.15, -0.1) is 0 Å². The molecule has 21 heavy (non-hydrogen) atoms. The van der Waals surface area contributed by atoms with Crippen molar-refractivity contribution < 1.29 is 16.8 Å². The summed E-state index contributed by atoms with van der Waals surface area (Å²) >= 11 is 0. The number of sulfonamides is 1. The van der Waals surface area contributed by atoms with Gasteiger partial charge in [0.25, 0.3) is 0 Å². The van der Waals surface area contributed by atoms with Crippen molar-refractivity contribution in [3.63, 3.8) is 0 Å². The van der Waals surface area contributed by atoms with Crippen LogP contribution in [-0.4, -0.2) is 52.8 Å². The maximum Gasteiger partial charge on any atom is 0.243 e. The second kappa shape index (κ2) is 6.04. The van der Waals surface area contributed by atoms with Crippen LogP contribution in [0.15, 0.2) is 23.1 Å². The number of hydrogen-bond donors (Lipinski definition) is 1. The van der Waals surface area contributed by atoms with E-state index in [-0.39, 0.29) is 29.5 Å². The van der Waals surface area contributed by atoms with E-state index in [0.717, 1.165) is 5.56 Å². The van der Waals surface area contributed by atoms with Crippen molar-refractivity contribution in [1.29, 1.82) is 0 Å². The molecule has 0 spiro atoms. The SMILES string of the molecule is CNCc1ccc(C)c(S(=O)(=O)N2CCS(=O)(=O)CC2)c1. The summed E-state index contributed by atoms with van der Waals surface area (Å²) in [4.78, 5) is 0.259. The maximum atomic E-state index is 12.7. The molecule has 1 aromatic carbocycles. The molecule has 0 atom stereocenters. The van der Waals surface area contributed by atoms with Gasteiger partial charge in [-0.05, 0) is 31.2 Å². The summed E-state index contributed by atoms with van der Waals surface area (Å²) in [6.45, 7) is 2.38. The first-order valence-electron chi connectivity index (χ1n) is 6.71. The van der Waals surface area contributed by atoms with Crippen LogP contribution in [0.5, 0.6) is 0 Å². The lowest BCUT2D eigenvalue weighted by Gasteiger charge is -2.26. The Bertz CT molecular complexity index is 713. The molecule has 0 saturated carbocycles. The van der Waals surface area contributed by atoms with Gasteiger partial charge in [-0.1, -0.05) is 12.1 Å². The molecule has 2 rings (SSSR count). The molecule has 1 aliphatic heterocycles. The van der Waals surface area contributed by atoms with Crippen LogP contribution in [0.4, 0.5) is 0 Å². The molecule has 0 radical (unpaired) electrons. The van der Waals surface area contributed by atoms with Gasteiger partial charge in [0, 0.05) is 19.6 Å². The molecular formula is C13H20N2O4S2. The van der Waals surface area contributed by atoms with Crippen LogP contribution in [0.2, 0.25) is 0 Å². The zero-order chi connectivity index (χ0) is 15.7. The Morgan fingerprint density at radius 1 is 1.24 bits per heavy atom. The van der Waals surface area contributed by atoms with E-state index in [0.29, 0.717) is 12.1 Å². The van der Waals surface area contributed by atoms with Crippen molar-refractivity contribution >= 4 is 19.9 Å². The summed E-state index contributed by atoms with van der Waals surface area (Å²) < 4.78 is 49.5. The van der Waals surface area contributed by atoms with E-state index in [1.54, 1.807) is 26.1 Å². The molecule has 0 amide bonds. The highest BCUT2D eigenvalue weighted by Gasteiger charge is 2.32. The summed E-state index contributed by atoms with van der Waals surface area (Å²) in [5.41, 5.74) is 1.55. The molecule has 118 valence electrons. The van der Waals surface area contributed by atoms with Gasteiger partial charge < -0.3 is 5.32 Å². The molecule has 8 heteroatoms. The lowest BCUT2D eigenvalue weighted by molar-refractivity contribution is 0.430. The summed E-state index contributed by atoms with van der Waals surface area (Å²) in [6.07, 6.45) is 0. The molecule has 1 saturated heterocycles. The molecule has 0 bridgehead atoms. The second-order valence-corrected chi connectivity index (χ2v) is 9.40. The van der Waals surface area contributed by atoms with E-state index in [9.17, 15) is 16.8 Å². The Morgan fingerprint density at radius 3 is 2.43 bits per heavy atom. The van der Waals surface area contributed by atoms with Gasteiger partial charge >= 0.3 is 0 Å². The number of hydrogen-bond acceptors (Lipinski definition) is 5. The summed E-state index contributed by atoms with van der Waals surface area (Å²) in [5, 5.41) is 2.98. The third-order valence-electron chi connectivity index (χ3n) is 3.55. The number of nitrogens with zero attached hydrogens (tertiary/aromatic N) is 1. The van der Waals surface area contributed by atoms with E-state index < -0.39 is 19.9 Å². The van der Waals surface area contributed by atoms with Crippen LogP contribution in [0.25, 0.3) is 0 Å². The maximum absolute atomic E-state index is 12.7. The third kappa shape index (κ3) is 3.63. The van der Waals surface area contributed by atoms with Crippen LogP contribution in [-0.2, 0) is 26.4 Å². The van der Waals surface area contributed by atoms with Gasteiger partial charge in [0.1, 0.15) is 0 Å². The molecule has 1 fully saturated rings. The van der Waals surface area contributed by atoms with Crippen molar-refractivity contribution in [1.82, 2.24) is 9.62 Å². The standard InChI is InChI=1S/C13H20N2O4S2/c1-11-3-4-12(10-14-2)9-13(11)21(18,19)15-5-7-20(16,17)8-6-15/h3-4,9,14H,5-8,10H2,1-2H3. The number of rotatable bonds is 4. The first-order chi connectivity index (χ1) is 9.76. The zero-order valence-corrected chi connectivity index (χ0v) is 13.8. The summed E-state index contributed by atoms with van der Waals surface area (Å²) in [7, 11) is -4.95. The fourth-order valence-corrected chi connectivity index (χ4v) is 5.46. The fraction of sp³-hybridized carbons (Fsp3) is 0.538. The largest absolute Gasteiger partial charge is 0.316 e.